The lowest BCUT2D eigenvalue weighted by atomic mass is 10.0. The van der Waals surface area contributed by atoms with E-state index in [-0.39, 0.29) is 18.2 Å². The van der Waals surface area contributed by atoms with E-state index in [0.29, 0.717) is 11.6 Å². The minimum atomic E-state index is 0.0669. The highest BCUT2D eigenvalue weighted by atomic mass is 35.5. The molecule has 5 heteroatoms. The Morgan fingerprint density at radius 1 is 1.42 bits per heavy atom. The second-order valence-corrected chi connectivity index (χ2v) is 5.37. The minimum Gasteiger partial charge on any atom is -0.376 e. The highest BCUT2D eigenvalue weighted by molar-refractivity contribution is 6.31. The molecule has 0 aromatic carbocycles. The molecule has 2 atom stereocenters. The predicted octanol–water partition coefficient (Wildman–Crippen LogP) is 3.58. The molecule has 0 saturated heterocycles. The lowest BCUT2D eigenvalue weighted by Crippen LogP contribution is -2.34. The molecule has 110 valence electrons. The molecule has 1 aromatic heterocycles. The predicted molar refractivity (Wildman–Crippen MR) is 79.7 cm³/mol. The Morgan fingerprint density at radius 3 is 2.58 bits per heavy atom. The van der Waals surface area contributed by atoms with Crippen LogP contribution in [-0.2, 0) is 4.74 Å². The summed E-state index contributed by atoms with van der Waals surface area (Å²) in [6.07, 6.45) is 3.91. The molecule has 0 radical (unpaired) electrons. The van der Waals surface area contributed by atoms with Crippen LogP contribution < -0.4 is 5.32 Å². The van der Waals surface area contributed by atoms with Crippen LogP contribution in [0.5, 0.6) is 0 Å². The third kappa shape index (κ3) is 3.94. The first-order valence-electron chi connectivity index (χ1n) is 7.08. The molecule has 0 amide bonds. The average Bonchev–Trinajstić information content (AvgIpc) is 2.73. The Balaban J connectivity index is 3.09. The van der Waals surface area contributed by atoms with Crippen LogP contribution in [0.3, 0.4) is 0 Å². The second kappa shape index (κ2) is 7.88. The topological polar surface area (TPSA) is 39.1 Å². The summed E-state index contributed by atoms with van der Waals surface area (Å²) in [5, 5.41) is 8.42. The molecular weight excluding hydrogens is 262 g/mol. The van der Waals surface area contributed by atoms with Crippen molar-refractivity contribution in [2.75, 3.05) is 13.7 Å². The summed E-state index contributed by atoms with van der Waals surface area (Å²) < 4.78 is 7.86. The number of halogens is 1. The van der Waals surface area contributed by atoms with Crippen molar-refractivity contribution in [1.29, 1.82) is 0 Å². The molecule has 0 aliphatic heterocycles. The van der Waals surface area contributed by atoms with Crippen molar-refractivity contribution in [2.45, 2.75) is 58.7 Å². The molecule has 1 aromatic rings. The fraction of sp³-hybridized carbons (Fsp3) is 0.786. The van der Waals surface area contributed by atoms with Gasteiger partial charge in [-0.25, -0.2) is 0 Å². The van der Waals surface area contributed by atoms with Gasteiger partial charge in [-0.1, -0.05) is 24.9 Å². The standard InChI is InChI=1S/C14H26ClN3O/c1-6-8-12(19-7-2)13(16-5)14-11(15)9-17-18(14)10(3)4/h9-10,12-13,16H,6-8H2,1-5H3. The third-order valence-corrected chi connectivity index (χ3v) is 3.50. The lowest BCUT2D eigenvalue weighted by Gasteiger charge is -2.28. The second-order valence-electron chi connectivity index (χ2n) is 4.96. The first-order valence-corrected chi connectivity index (χ1v) is 7.46. The lowest BCUT2D eigenvalue weighted by molar-refractivity contribution is 0.0271. The molecule has 0 aliphatic rings. The van der Waals surface area contributed by atoms with E-state index in [9.17, 15) is 0 Å². The quantitative estimate of drug-likeness (QED) is 0.794. The molecule has 4 nitrogen and oxygen atoms in total. The highest BCUT2D eigenvalue weighted by Crippen LogP contribution is 2.30. The summed E-state index contributed by atoms with van der Waals surface area (Å²) in [4.78, 5) is 0. The molecule has 0 fully saturated rings. The molecule has 1 heterocycles. The van der Waals surface area contributed by atoms with Crippen LogP contribution in [0, 0.1) is 0 Å². The molecule has 1 N–H and O–H groups in total. The number of nitrogens with zero attached hydrogens (tertiary/aromatic N) is 2. The van der Waals surface area contributed by atoms with Crippen LogP contribution in [-0.4, -0.2) is 29.5 Å². The maximum atomic E-state index is 6.33. The van der Waals surface area contributed by atoms with Crippen LogP contribution in [0.2, 0.25) is 5.02 Å². The number of nitrogens with one attached hydrogen (secondary N) is 1. The van der Waals surface area contributed by atoms with Crippen LogP contribution >= 0.6 is 11.6 Å². The van der Waals surface area contributed by atoms with Crippen LogP contribution in [0.15, 0.2) is 6.20 Å². The van der Waals surface area contributed by atoms with Gasteiger partial charge < -0.3 is 10.1 Å². The fourth-order valence-corrected chi connectivity index (χ4v) is 2.64. The normalized spacial score (nSPS) is 14.9. The first kappa shape index (κ1) is 16.5. The van der Waals surface area contributed by atoms with E-state index in [4.69, 9.17) is 16.3 Å². The molecule has 0 aliphatic carbocycles. The average molecular weight is 288 g/mol. The van der Waals surface area contributed by atoms with Crippen LogP contribution in [0.1, 0.15) is 58.3 Å². The van der Waals surface area contributed by atoms with E-state index in [0.717, 1.165) is 18.5 Å². The largest absolute Gasteiger partial charge is 0.376 e. The number of hydrogen-bond acceptors (Lipinski definition) is 3. The van der Waals surface area contributed by atoms with Gasteiger partial charge in [0.1, 0.15) is 0 Å². The molecule has 19 heavy (non-hydrogen) atoms. The summed E-state index contributed by atoms with van der Waals surface area (Å²) >= 11 is 6.33. The maximum Gasteiger partial charge on any atom is 0.0835 e. The zero-order chi connectivity index (χ0) is 14.4. The van der Waals surface area contributed by atoms with E-state index in [1.54, 1.807) is 6.20 Å². The van der Waals surface area contributed by atoms with E-state index >= 15 is 0 Å². The van der Waals surface area contributed by atoms with Gasteiger partial charge in [-0.15, -0.1) is 0 Å². The molecule has 1 rings (SSSR count). The summed E-state index contributed by atoms with van der Waals surface area (Å²) in [6.45, 7) is 9.11. The van der Waals surface area contributed by atoms with Gasteiger partial charge in [0.2, 0.25) is 0 Å². The first-order chi connectivity index (χ1) is 9.06. The number of ether oxygens (including phenoxy) is 1. The zero-order valence-electron chi connectivity index (χ0n) is 12.6. The molecule has 0 saturated carbocycles. The summed E-state index contributed by atoms with van der Waals surface area (Å²) in [7, 11) is 1.94. The van der Waals surface area contributed by atoms with Gasteiger partial charge in [0.05, 0.1) is 29.1 Å². The Labute approximate surface area is 121 Å². The highest BCUT2D eigenvalue weighted by Gasteiger charge is 2.28. The van der Waals surface area contributed by atoms with Crippen molar-refractivity contribution in [3.63, 3.8) is 0 Å². The zero-order valence-corrected chi connectivity index (χ0v) is 13.4. The monoisotopic (exact) mass is 287 g/mol. The van der Waals surface area contributed by atoms with Crippen LogP contribution in [0.25, 0.3) is 0 Å². The van der Waals surface area contributed by atoms with Crippen molar-refractivity contribution < 1.29 is 4.74 Å². The van der Waals surface area contributed by atoms with Crippen molar-refractivity contribution in [3.05, 3.63) is 16.9 Å². The minimum absolute atomic E-state index is 0.0669. The summed E-state index contributed by atoms with van der Waals surface area (Å²) in [5.41, 5.74) is 1.02. The van der Waals surface area contributed by atoms with Gasteiger partial charge in [-0.2, -0.15) is 5.10 Å². The van der Waals surface area contributed by atoms with E-state index in [1.807, 2.05) is 18.7 Å². The Kier molecular flexibility index (Phi) is 6.83. The van der Waals surface area contributed by atoms with Crippen molar-refractivity contribution in [1.82, 2.24) is 15.1 Å². The third-order valence-electron chi connectivity index (χ3n) is 3.21. The summed E-state index contributed by atoms with van der Waals surface area (Å²) in [6, 6.07) is 0.347. The van der Waals surface area contributed by atoms with Crippen molar-refractivity contribution in [2.24, 2.45) is 0 Å². The van der Waals surface area contributed by atoms with Gasteiger partial charge in [-0.3, -0.25) is 4.68 Å². The molecule has 2 unspecified atom stereocenters. The summed E-state index contributed by atoms with van der Waals surface area (Å²) in [5.74, 6) is 0. The van der Waals surface area contributed by atoms with Gasteiger partial charge in [0.25, 0.3) is 0 Å². The van der Waals surface area contributed by atoms with Crippen molar-refractivity contribution >= 4 is 11.6 Å². The Bertz CT molecular complexity index is 373. The van der Waals surface area contributed by atoms with Gasteiger partial charge in [0.15, 0.2) is 0 Å². The molecular formula is C14H26ClN3O. The number of rotatable bonds is 8. The Morgan fingerprint density at radius 2 is 2.11 bits per heavy atom. The molecule has 0 spiro atoms. The maximum absolute atomic E-state index is 6.33. The number of likely N-dealkylation sites (N-methyl/N-ethyl adjacent to an activating group) is 1. The smallest absolute Gasteiger partial charge is 0.0835 e. The number of hydrogen-bond donors (Lipinski definition) is 1. The van der Waals surface area contributed by atoms with Gasteiger partial charge >= 0.3 is 0 Å². The fourth-order valence-electron chi connectivity index (χ4n) is 2.40. The van der Waals surface area contributed by atoms with Gasteiger partial charge in [-0.05, 0) is 34.2 Å². The van der Waals surface area contributed by atoms with E-state index in [1.165, 1.54) is 0 Å². The number of aromatic nitrogens is 2. The van der Waals surface area contributed by atoms with E-state index < -0.39 is 0 Å². The SMILES string of the molecule is CCCC(OCC)C(NC)c1c(Cl)cnn1C(C)C. The van der Waals surface area contributed by atoms with Gasteiger partial charge in [0, 0.05) is 12.6 Å². The molecule has 0 bridgehead atoms. The van der Waals surface area contributed by atoms with Crippen LogP contribution in [0.4, 0.5) is 0 Å². The van der Waals surface area contributed by atoms with Crippen molar-refractivity contribution in [3.8, 4) is 0 Å². The Hall–Kier alpha value is -0.580. The van der Waals surface area contributed by atoms with E-state index in [2.05, 4.69) is 31.2 Å².